The average molecular weight is 336 g/mol. The lowest BCUT2D eigenvalue weighted by Crippen LogP contribution is -2.10. The molecule has 0 atom stereocenters. The molecule has 2 aromatic carbocycles. The van der Waals surface area contributed by atoms with Gasteiger partial charge in [-0.25, -0.2) is 4.98 Å². The van der Waals surface area contributed by atoms with E-state index in [1.54, 1.807) is 18.3 Å². The van der Waals surface area contributed by atoms with E-state index in [0.717, 1.165) is 17.1 Å². The molecule has 1 heterocycles. The van der Waals surface area contributed by atoms with Gasteiger partial charge in [0.25, 0.3) is 5.69 Å². The number of nitrogens with zero attached hydrogens (tertiary/aromatic N) is 3. The number of nitrogens with one attached hydrogen (secondary N) is 1. The number of rotatable bonds is 6. The van der Waals surface area contributed by atoms with Crippen molar-refractivity contribution in [2.75, 3.05) is 11.9 Å². The summed E-state index contributed by atoms with van der Waals surface area (Å²) in [5.74, 6) is 1.18. The number of aromatic nitrogens is 2. The summed E-state index contributed by atoms with van der Waals surface area (Å²) in [6, 6.07) is 14.9. The minimum Gasteiger partial charge on any atom is -0.379 e. The van der Waals surface area contributed by atoms with Crippen molar-refractivity contribution in [1.82, 2.24) is 9.55 Å². The second-order valence-electron chi connectivity index (χ2n) is 6.22. The fourth-order valence-corrected chi connectivity index (χ4v) is 2.60. The Morgan fingerprint density at radius 1 is 1.20 bits per heavy atom. The maximum absolute atomic E-state index is 11.3. The van der Waals surface area contributed by atoms with Crippen molar-refractivity contribution in [3.63, 3.8) is 0 Å². The van der Waals surface area contributed by atoms with E-state index in [9.17, 15) is 10.1 Å². The Bertz CT molecular complexity index is 872. The molecule has 0 saturated heterocycles. The van der Waals surface area contributed by atoms with Crippen LogP contribution in [-0.2, 0) is 0 Å². The molecule has 0 saturated carbocycles. The Hall–Kier alpha value is -3.15. The molecular formula is C19H20N4O2. The lowest BCUT2D eigenvalue weighted by Gasteiger charge is -2.13. The van der Waals surface area contributed by atoms with E-state index >= 15 is 0 Å². The van der Waals surface area contributed by atoms with E-state index in [4.69, 9.17) is 0 Å². The van der Waals surface area contributed by atoms with Crippen molar-refractivity contribution in [3.05, 3.63) is 71.0 Å². The van der Waals surface area contributed by atoms with Gasteiger partial charge in [0.05, 0.1) is 4.92 Å². The van der Waals surface area contributed by atoms with Crippen molar-refractivity contribution in [2.45, 2.75) is 13.8 Å². The Morgan fingerprint density at radius 3 is 2.64 bits per heavy atom. The molecule has 1 aromatic heterocycles. The van der Waals surface area contributed by atoms with E-state index in [0.29, 0.717) is 18.2 Å². The van der Waals surface area contributed by atoms with Crippen molar-refractivity contribution >= 4 is 11.4 Å². The van der Waals surface area contributed by atoms with Crippen LogP contribution >= 0.6 is 0 Å². The second kappa shape index (κ2) is 7.17. The monoisotopic (exact) mass is 336 g/mol. The molecular weight excluding hydrogens is 316 g/mol. The molecule has 3 aromatic rings. The summed E-state index contributed by atoms with van der Waals surface area (Å²) in [6.45, 7) is 4.79. The number of benzene rings is 2. The van der Waals surface area contributed by atoms with Gasteiger partial charge in [-0.15, -0.1) is 0 Å². The van der Waals surface area contributed by atoms with Gasteiger partial charge in [-0.2, -0.15) is 0 Å². The van der Waals surface area contributed by atoms with Gasteiger partial charge < -0.3 is 5.32 Å². The highest BCUT2D eigenvalue weighted by Gasteiger charge is 2.16. The highest BCUT2D eigenvalue weighted by molar-refractivity contribution is 5.67. The largest absolute Gasteiger partial charge is 0.379 e. The normalized spacial score (nSPS) is 10.8. The van der Waals surface area contributed by atoms with E-state index in [1.807, 2.05) is 41.1 Å². The zero-order valence-corrected chi connectivity index (χ0v) is 14.2. The van der Waals surface area contributed by atoms with Gasteiger partial charge in [0, 0.05) is 36.3 Å². The summed E-state index contributed by atoms with van der Waals surface area (Å²) in [6.07, 6.45) is 3.58. The summed E-state index contributed by atoms with van der Waals surface area (Å²) in [4.78, 5) is 15.4. The number of nitro groups is 1. The molecule has 25 heavy (non-hydrogen) atoms. The van der Waals surface area contributed by atoms with Gasteiger partial charge in [-0.1, -0.05) is 44.2 Å². The van der Waals surface area contributed by atoms with Crippen LogP contribution in [0.25, 0.3) is 17.1 Å². The van der Waals surface area contributed by atoms with E-state index in [1.165, 1.54) is 6.07 Å². The van der Waals surface area contributed by atoms with Crippen LogP contribution in [0.4, 0.5) is 11.4 Å². The van der Waals surface area contributed by atoms with Gasteiger partial charge in [0.2, 0.25) is 0 Å². The van der Waals surface area contributed by atoms with Gasteiger partial charge in [0.15, 0.2) is 0 Å². The lowest BCUT2D eigenvalue weighted by molar-refractivity contribution is -0.384. The second-order valence-corrected chi connectivity index (χ2v) is 6.22. The molecule has 0 spiro atoms. The number of anilines is 1. The van der Waals surface area contributed by atoms with Gasteiger partial charge in [-0.3, -0.25) is 14.7 Å². The Morgan fingerprint density at radius 2 is 1.96 bits per heavy atom. The molecule has 6 heteroatoms. The molecule has 0 amide bonds. The highest BCUT2D eigenvalue weighted by Crippen LogP contribution is 2.29. The quantitative estimate of drug-likeness (QED) is 0.531. The summed E-state index contributed by atoms with van der Waals surface area (Å²) in [5.41, 5.74) is 2.41. The molecule has 1 N–H and O–H groups in total. The zero-order valence-electron chi connectivity index (χ0n) is 14.2. The van der Waals surface area contributed by atoms with Gasteiger partial charge in [-0.05, 0) is 18.1 Å². The molecule has 6 nitrogen and oxygen atoms in total. The Kier molecular flexibility index (Phi) is 4.79. The standard InChI is InChI=1S/C19H20N4O2/c1-14(2)13-21-17-12-16(8-9-18(17)23(24)25)22-11-10-20-19(22)15-6-4-3-5-7-15/h3-12,14,21H,13H2,1-2H3. The van der Waals surface area contributed by atoms with Crippen LogP contribution in [0, 0.1) is 16.0 Å². The average Bonchev–Trinajstić information content (AvgIpc) is 3.10. The first-order chi connectivity index (χ1) is 12.1. The van der Waals surface area contributed by atoms with Crippen molar-refractivity contribution in [2.24, 2.45) is 5.92 Å². The molecule has 0 aliphatic carbocycles. The summed E-state index contributed by atoms with van der Waals surface area (Å²) in [7, 11) is 0. The lowest BCUT2D eigenvalue weighted by atomic mass is 10.2. The first-order valence-electron chi connectivity index (χ1n) is 8.17. The predicted octanol–water partition coefficient (Wildman–Crippen LogP) is 4.52. The number of hydrogen-bond donors (Lipinski definition) is 1. The van der Waals surface area contributed by atoms with E-state index < -0.39 is 0 Å². The van der Waals surface area contributed by atoms with Crippen LogP contribution in [0.2, 0.25) is 0 Å². The zero-order chi connectivity index (χ0) is 17.8. The maximum atomic E-state index is 11.3. The van der Waals surface area contributed by atoms with Crippen molar-refractivity contribution in [1.29, 1.82) is 0 Å². The van der Waals surface area contributed by atoms with Crippen LogP contribution in [-0.4, -0.2) is 21.0 Å². The first kappa shape index (κ1) is 16.7. The van der Waals surface area contributed by atoms with Crippen LogP contribution < -0.4 is 5.32 Å². The third kappa shape index (κ3) is 3.68. The maximum Gasteiger partial charge on any atom is 0.292 e. The highest BCUT2D eigenvalue weighted by atomic mass is 16.6. The number of imidazole rings is 1. The van der Waals surface area contributed by atoms with E-state index in [-0.39, 0.29) is 10.6 Å². The molecule has 0 unspecified atom stereocenters. The van der Waals surface area contributed by atoms with Gasteiger partial charge in [0.1, 0.15) is 11.5 Å². The number of nitro benzene ring substituents is 1. The topological polar surface area (TPSA) is 73.0 Å². The fourth-order valence-electron chi connectivity index (χ4n) is 2.60. The van der Waals surface area contributed by atoms with Crippen LogP contribution in [0.3, 0.4) is 0 Å². The molecule has 0 aliphatic heterocycles. The third-order valence-corrected chi connectivity index (χ3v) is 3.83. The SMILES string of the molecule is CC(C)CNc1cc(-n2ccnc2-c2ccccc2)ccc1[N+](=O)[O-]. The molecule has 0 radical (unpaired) electrons. The summed E-state index contributed by atoms with van der Waals surface area (Å²) < 4.78 is 1.93. The molecule has 3 rings (SSSR count). The molecule has 128 valence electrons. The van der Waals surface area contributed by atoms with Crippen LogP contribution in [0.5, 0.6) is 0 Å². The predicted molar refractivity (Wildman–Crippen MR) is 99.0 cm³/mol. The van der Waals surface area contributed by atoms with E-state index in [2.05, 4.69) is 24.1 Å². The van der Waals surface area contributed by atoms with Crippen LogP contribution in [0.15, 0.2) is 60.9 Å². The Labute approximate surface area is 146 Å². The van der Waals surface area contributed by atoms with Gasteiger partial charge >= 0.3 is 0 Å². The molecule has 0 bridgehead atoms. The molecule has 0 aliphatic rings. The fraction of sp³-hybridized carbons (Fsp3) is 0.211. The Balaban J connectivity index is 2.03. The summed E-state index contributed by atoms with van der Waals surface area (Å²) in [5, 5.41) is 14.5. The molecule has 0 fully saturated rings. The smallest absolute Gasteiger partial charge is 0.292 e. The summed E-state index contributed by atoms with van der Waals surface area (Å²) >= 11 is 0. The van der Waals surface area contributed by atoms with Crippen LogP contribution in [0.1, 0.15) is 13.8 Å². The third-order valence-electron chi connectivity index (χ3n) is 3.83. The minimum absolute atomic E-state index is 0.0748. The van der Waals surface area contributed by atoms with Crippen molar-refractivity contribution < 1.29 is 4.92 Å². The number of hydrogen-bond acceptors (Lipinski definition) is 4. The first-order valence-corrected chi connectivity index (χ1v) is 8.17. The van der Waals surface area contributed by atoms with Crippen molar-refractivity contribution in [3.8, 4) is 17.1 Å². The minimum atomic E-state index is -0.363.